The van der Waals surface area contributed by atoms with Crippen molar-refractivity contribution in [3.63, 3.8) is 0 Å². The zero-order valence-corrected chi connectivity index (χ0v) is 9.88. The Bertz CT molecular complexity index is 126. The van der Waals surface area contributed by atoms with Crippen LogP contribution in [0.4, 0.5) is 0 Å². The van der Waals surface area contributed by atoms with E-state index in [2.05, 4.69) is 51.4 Å². The van der Waals surface area contributed by atoms with Gasteiger partial charge in [0.2, 0.25) is 0 Å². The molecule has 0 aliphatic carbocycles. The van der Waals surface area contributed by atoms with Crippen molar-refractivity contribution in [1.82, 2.24) is 0 Å². The second-order valence-electron chi connectivity index (χ2n) is 3.43. The normalized spacial score (nSPS) is 16.3. The van der Waals surface area contributed by atoms with E-state index in [-0.39, 0.29) is 4.69 Å². The average Bonchev–Trinajstić information content (AvgIpc) is 1.16. The van der Waals surface area contributed by atoms with Gasteiger partial charge >= 0.3 is 72.4 Å². The first kappa shape index (κ1) is 10.1. The van der Waals surface area contributed by atoms with Crippen LogP contribution < -0.4 is 0 Å². The third-order valence-electron chi connectivity index (χ3n) is 0.658. The van der Waals surface area contributed by atoms with Crippen LogP contribution >= 0.6 is 36.7 Å². The summed E-state index contributed by atoms with van der Waals surface area (Å²) in [5.41, 5.74) is 0. The summed E-state index contributed by atoms with van der Waals surface area (Å²) in [6.07, 6.45) is 0.617. The van der Waals surface area contributed by atoms with Crippen molar-refractivity contribution < 1.29 is 4.79 Å². The summed E-state index contributed by atoms with van der Waals surface area (Å²) < 4.78 is 0.0875. The third kappa shape index (κ3) is 9.06. The number of hydrogen-bond donors (Lipinski definition) is 0. The molecule has 0 heterocycles. The van der Waals surface area contributed by atoms with E-state index in [9.17, 15) is 4.79 Å². The van der Waals surface area contributed by atoms with Gasteiger partial charge in [-0.25, -0.2) is 0 Å². The molecule has 0 bridgehead atoms. The van der Waals surface area contributed by atoms with Gasteiger partial charge in [0.1, 0.15) is 0 Å². The summed E-state index contributed by atoms with van der Waals surface area (Å²) in [7, 11) is 0. The molecule has 0 N–H and O–H groups in total. The predicted octanol–water partition coefficient (Wildman–Crippen LogP) is 2.66. The van der Waals surface area contributed by atoms with Crippen LogP contribution in [0.25, 0.3) is 0 Å². The topological polar surface area (TPSA) is 17.1 Å². The van der Waals surface area contributed by atoms with Crippen LogP contribution in [0, 0.1) is 0 Å². The van der Waals surface area contributed by atoms with Crippen LogP contribution in [-0.2, 0) is 4.79 Å². The van der Waals surface area contributed by atoms with Gasteiger partial charge in [-0.1, -0.05) is 0 Å². The molecule has 0 atom stereocenters. The van der Waals surface area contributed by atoms with Gasteiger partial charge in [0.05, 0.1) is 0 Å². The fraction of sp³-hybridized carbons (Fsp3) is 0.800. The van der Waals surface area contributed by atoms with Crippen LogP contribution in [0.3, 0.4) is 0 Å². The molecular weight excluding hydrogens is 267 g/mol. The summed E-state index contributed by atoms with van der Waals surface area (Å²) in [6.45, 7) is 6.31. The summed E-state index contributed by atoms with van der Waals surface area (Å²) in [4.78, 5) is 10.6. The molecule has 0 aromatic rings. The van der Waals surface area contributed by atoms with Crippen LogP contribution in [0.15, 0.2) is 0 Å². The van der Waals surface area contributed by atoms with Gasteiger partial charge < -0.3 is 0 Å². The second-order valence-corrected chi connectivity index (χ2v) is 18.4. The first-order valence-electron chi connectivity index (χ1n) is 2.57. The first-order chi connectivity index (χ1) is 3.67. The van der Waals surface area contributed by atoms with Gasteiger partial charge in [-0.3, -0.25) is 0 Å². The average molecular weight is 278 g/mol. The van der Waals surface area contributed by atoms with Crippen molar-refractivity contribution in [2.75, 3.05) is 26.2 Å². The Morgan fingerprint density at radius 1 is 1.44 bits per heavy atom. The fourth-order valence-electron chi connectivity index (χ4n) is 0.420. The zero-order valence-electron chi connectivity index (χ0n) is 5.82. The number of carbonyl (C=O) groups excluding carboxylic acids is 1. The molecule has 0 saturated heterocycles. The van der Waals surface area contributed by atoms with Crippen molar-refractivity contribution in [1.29, 1.82) is 0 Å². The SMILES string of the molecule is CP(C)(C)(Br)CC(=O)Br. The third-order valence-corrected chi connectivity index (χ3v) is 3.48. The quantitative estimate of drug-likeness (QED) is 0.560. The Hall–Kier alpha value is 1.06. The second kappa shape index (κ2) is 2.60. The van der Waals surface area contributed by atoms with Crippen molar-refractivity contribution >= 4 is 41.4 Å². The Balaban J connectivity index is 4.05. The van der Waals surface area contributed by atoms with Crippen LogP contribution in [0.2, 0.25) is 0 Å². The molecule has 0 unspecified atom stereocenters. The van der Waals surface area contributed by atoms with Crippen molar-refractivity contribution in [3.8, 4) is 0 Å². The summed E-state index contributed by atoms with van der Waals surface area (Å²) in [5.74, 6) is 0. The molecular formula is C5H11Br2OP. The monoisotopic (exact) mass is 276 g/mol. The van der Waals surface area contributed by atoms with Gasteiger partial charge in [-0.05, 0) is 0 Å². The van der Waals surface area contributed by atoms with E-state index in [0.29, 0.717) is 6.16 Å². The van der Waals surface area contributed by atoms with Gasteiger partial charge in [-0.2, -0.15) is 0 Å². The van der Waals surface area contributed by atoms with E-state index >= 15 is 0 Å². The van der Waals surface area contributed by atoms with Crippen LogP contribution in [0.5, 0.6) is 0 Å². The predicted molar refractivity (Wildman–Crippen MR) is 52.4 cm³/mol. The molecule has 0 aliphatic rings. The van der Waals surface area contributed by atoms with E-state index in [4.69, 9.17) is 0 Å². The zero-order chi connectivity index (χ0) is 7.73. The molecule has 9 heavy (non-hydrogen) atoms. The molecule has 0 spiro atoms. The number of hydrogen-bond acceptors (Lipinski definition) is 1. The van der Waals surface area contributed by atoms with Gasteiger partial charge in [-0.15, -0.1) is 0 Å². The molecule has 0 aromatic heterocycles. The molecule has 0 amide bonds. The molecule has 4 heteroatoms. The summed E-state index contributed by atoms with van der Waals surface area (Å²) in [6, 6.07) is 0. The maximum absolute atomic E-state index is 10.6. The Morgan fingerprint density at radius 2 is 1.78 bits per heavy atom. The van der Waals surface area contributed by atoms with Crippen LogP contribution in [0.1, 0.15) is 0 Å². The fourth-order valence-corrected chi connectivity index (χ4v) is 5.59. The molecule has 0 aromatic carbocycles. The first-order valence-corrected chi connectivity index (χ1v) is 9.15. The maximum atomic E-state index is 10.6. The van der Waals surface area contributed by atoms with Crippen molar-refractivity contribution in [2.45, 2.75) is 0 Å². The number of rotatable bonds is 2. The van der Waals surface area contributed by atoms with Gasteiger partial charge in [0.15, 0.2) is 0 Å². The standard InChI is InChI=1S/C5H11Br2OP/c1-9(2,3,7)4-5(6)8/h4H2,1-3H3. The summed E-state index contributed by atoms with van der Waals surface area (Å²) in [5, 5.41) is -1.75. The van der Waals surface area contributed by atoms with Crippen molar-refractivity contribution in [3.05, 3.63) is 0 Å². The minimum atomic E-state index is -1.75. The van der Waals surface area contributed by atoms with E-state index in [0.717, 1.165) is 0 Å². The molecule has 0 radical (unpaired) electrons. The van der Waals surface area contributed by atoms with E-state index in [1.165, 1.54) is 0 Å². The van der Waals surface area contributed by atoms with Gasteiger partial charge in [0.25, 0.3) is 0 Å². The van der Waals surface area contributed by atoms with Crippen molar-refractivity contribution in [2.24, 2.45) is 0 Å². The van der Waals surface area contributed by atoms with E-state index < -0.39 is 5.31 Å². The molecule has 0 saturated carbocycles. The Morgan fingerprint density at radius 3 is 1.78 bits per heavy atom. The van der Waals surface area contributed by atoms with Crippen LogP contribution in [-0.4, -0.2) is 30.8 Å². The molecule has 0 rings (SSSR count). The Kier molecular flexibility index (Phi) is 2.90. The molecule has 0 aliphatic heterocycles. The molecule has 1 nitrogen and oxygen atoms in total. The molecule has 56 valence electrons. The minimum absolute atomic E-state index is 0.0875. The number of halogens is 2. The molecule has 0 fully saturated rings. The Labute approximate surface area is 72.4 Å². The number of carbonyl (C=O) groups is 1. The van der Waals surface area contributed by atoms with E-state index in [1.807, 2.05) is 0 Å². The summed E-state index contributed by atoms with van der Waals surface area (Å²) >= 11 is 6.47. The van der Waals surface area contributed by atoms with Gasteiger partial charge in [0, 0.05) is 0 Å². The van der Waals surface area contributed by atoms with E-state index in [1.54, 1.807) is 0 Å².